The van der Waals surface area contributed by atoms with E-state index in [0.29, 0.717) is 23.2 Å². The number of nitro groups is 2. The van der Waals surface area contributed by atoms with Gasteiger partial charge in [-0.2, -0.15) is 0 Å². The van der Waals surface area contributed by atoms with Crippen molar-refractivity contribution < 1.29 is 14.6 Å². The van der Waals surface area contributed by atoms with Gasteiger partial charge in [0.05, 0.1) is 23.0 Å². The van der Waals surface area contributed by atoms with Crippen LogP contribution in [0, 0.1) is 20.2 Å². The summed E-state index contributed by atoms with van der Waals surface area (Å²) in [5, 5.41) is 22.4. The Balaban J connectivity index is 1.95. The van der Waals surface area contributed by atoms with E-state index in [1.807, 2.05) is 6.92 Å². The number of hydrogen-bond donors (Lipinski definition) is 0. The lowest BCUT2D eigenvalue weighted by atomic mass is 10.2. The third kappa shape index (κ3) is 3.32. The second-order valence-corrected chi connectivity index (χ2v) is 6.34. The maximum absolute atomic E-state index is 11.1. The van der Waals surface area contributed by atoms with Crippen molar-refractivity contribution in [1.82, 2.24) is 9.55 Å². The fourth-order valence-corrected chi connectivity index (χ4v) is 3.00. The normalized spacial score (nSPS) is 19.5. The Kier molecular flexibility index (Phi) is 3.78. The van der Waals surface area contributed by atoms with Gasteiger partial charge in [-0.05, 0) is 34.7 Å². The van der Waals surface area contributed by atoms with Crippen LogP contribution in [0.4, 0.5) is 11.5 Å². The summed E-state index contributed by atoms with van der Waals surface area (Å²) in [7, 11) is 0. The van der Waals surface area contributed by atoms with Gasteiger partial charge in [-0.1, -0.05) is 12.1 Å². The molecule has 1 unspecified atom stereocenters. The molecule has 0 bridgehead atoms. The van der Waals surface area contributed by atoms with Crippen LogP contribution in [-0.2, 0) is 11.3 Å². The fraction of sp³-hybridized carbons (Fsp3) is 0.308. The first-order valence-electron chi connectivity index (χ1n) is 6.65. The minimum Gasteiger partial charge on any atom is -0.368 e. The molecule has 1 aromatic carbocycles. The number of benzene rings is 1. The quantitative estimate of drug-likeness (QED) is 0.452. The number of hydrogen-bond acceptors (Lipinski definition) is 7. The second-order valence-electron chi connectivity index (χ2n) is 5.33. The molecule has 2 heterocycles. The summed E-state index contributed by atoms with van der Waals surface area (Å²) in [6.07, 6.45) is 1.32. The van der Waals surface area contributed by atoms with Crippen LogP contribution in [0.3, 0.4) is 0 Å². The smallest absolute Gasteiger partial charge is 0.368 e. The van der Waals surface area contributed by atoms with Crippen molar-refractivity contribution in [3.63, 3.8) is 0 Å². The van der Waals surface area contributed by atoms with Gasteiger partial charge in [0.25, 0.3) is 10.8 Å². The van der Waals surface area contributed by atoms with Crippen molar-refractivity contribution in [2.24, 2.45) is 0 Å². The summed E-state index contributed by atoms with van der Waals surface area (Å²) in [4.78, 5) is 25.3. The maximum atomic E-state index is 11.1. The molecule has 0 amide bonds. The van der Waals surface area contributed by atoms with E-state index in [0.717, 1.165) is 11.8 Å². The van der Waals surface area contributed by atoms with E-state index in [9.17, 15) is 20.2 Å². The lowest BCUT2D eigenvalue weighted by molar-refractivity contribution is -0.389. The Labute approximate surface area is 134 Å². The molecule has 1 fully saturated rings. The lowest BCUT2D eigenvalue weighted by Crippen LogP contribution is -2.15. The highest BCUT2D eigenvalue weighted by Crippen LogP contribution is 2.37. The number of para-hydroxylation sites is 1. The first kappa shape index (κ1) is 15.4. The van der Waals surface area contributed by atoms with E-state index in [1.165, 1.54) is 12.3 Å². The van der Waals surface area contributed by atoms with Crippen LogP contribution in [0.25, 0.3) is 0 Å². The Morgan fingerprint density at radius 3 is 2.65 bits per heavy atom. The minimum absolute atomic E-state index is 0.0661. The molecule has 10 heteroatoms. The monoisotopic (exact) mass is 336 g/mol. The number of epoxide rings is 1. The van der Waals surface area contributed by atoms with Crippen molar-refractivity contribution >= 4 is 23.3 Å². The van der Waals surface area contributed by atoms with E-state index >= 15 is 0 Å². The van der Waals surface area contributed by atoms with Crippen LogP contribution in [0.1, 0.15) is 6.92 Å². The standard InChI is InChI=1S/C13H12N4O5S/c1-13(8-22-13)7-15-6-11(17(20)21)14-12(15)23-10-5-3-2-4-9(10)16(18)19/h2-6H,7-8H2,1H3. The molecule has 1 aromatic heterocycles. The fourth-order valence-electron chi connectivity index (χ4n) is 2.04. The van der Waals surface area contributed by atoms with Crippen LogP contribution < -0.4 is 0 Å². The molecule has 1 saturated heterocycles. The summed E-state index contributed by atoms with van der Waals surface area (Å²) in [5.74, 6) is -0.296. The summed E-state index contributed by atoms with van der Waals surface area (Å²) in [6, 6.07) is 6.21. The molecule has 1 aliphatic heterocycles. The van der Waals surface area contributed by atoms with Crippen molar-refractivity contribution in [3.8, 4) is 0 Å². The molecule has 3 rings (SSSR count). The number of aromatic nitrogens is 2. The third-order valence-electron chi connectivity index (χ3n) is 3.32. The molecular formula is C13H12N4O5S. The van der Waals surface area contributed by atoms with Gasteiger partial charge < -0.3 is 14.9 Å². The lowest BCUT2D eigenvalue weighted by Gasteiger charge is -2.07. The number of imidazole rings is 1. The van der Waals surface area contributed by atoms with Gasteiger partial charge in [-0.25, -0.2) is 0 Å². The average Bonchev–Trinajstić information content (AvgIpc) is 3.08. The predicted octanol–water partition coefficient (Wildman–Crippen LogP) is 2.64. The Bertz CT molecular complexity index is 786. The SMILES string of the molecule is CC1(Cn2cc([N+](=O)[O-])nc2Sc2ccccc2[N+](=O)[O-])CO1. The zero-order valence-electron chi connectivity index (χ0n) is 12.0. The maximum Gasteiger partial charge on any atom is 0.382 e. The molecule has 1 atom stereocenters. The molecule has 9 nitrogen and oxygen atoms in total. The third-order valence-corrected chi connectivity index (χ3v) is 4.39. The van der Waals surface area contributed by atoms with Crippen LogP contribution in [0.2, 0.25) is 0 Å². The number of rotatable bonds is 6. The zero-order chi connectivity index (χ0) is 16.6. The van der Waals surface area contributed by atoms with E-state index in [-0.39, 0.29) is 17.1 Å². The number of nitrogens with zero attached hydrogens (tertiary/aromatic N) is 4. The Hall–Kier alpha value is -2.46. The molecule has 1 aliphatic rings. The highest BCUT2D eigenvalue weighted by molar-refractivity contribution is 7.99. The van der Waals surface area contributed by atoms with Gasteiger partial charge in [0, 0.05) is 6.07 Å². The number of nitro benzene ring substituents is 1. The first-order valence-corrected chi connectivity index (χ1v) is 7.46. The van der Waals surface area contributed by atoms with Crippen LogP contribution in [0.15, 0.2) is 40.5 Å². The molecule has 2 aromatic rings. The summed E-state index contributed by atoms with van der Waals surface area (Å²) in [6.45, 7) is 2.85. The molecular weight excluding hydrogens is 324 g/mol. The summed E-state index contributed by atoms with van der Waals surface area (Å²) < 4.78 is 6.90. The highest BCUT2D eigenvalue weighted by atomic mass is 32.2. The summed E-state index contributed by atoms with van der Waals surface area (Å²) >= 11 is 1.03. The van der Waals surface area contributed by atoms with Crippen molar-refractivity contribution in [1.29, 1.82) is 0 Å². The average molecular weight is 336 g/mol. The molecule has 0 radical (unpaired) electrons. The van der Waals surface area contributed by atoms with Crippen LogP contribution in [0.5, 0.6) is 0 Å². The minimum atomic E-state index is -0.587. The van der Waals surface area contributed by atoms with Gasteiger partial charge in [0.1, 0.15) is 11.8 Å². The van der Waals surface area contributed by atoms with Crippen LogP contribution in [-0.4, -0.2) is 31.6 Å². The molecule has 23 heavy (non-hydrogen) atoms. The Morgan fingerprint density at radius 1 is 1.35 bits per heavy atom. The molecule has 0 spiro atoms. The molecule has 0 aliphatic carbocycles. The summed E-state index contributed by atoms with van der Waals surface area (Å²) in [5.41, 5.74) is -0.435. The first-order chi connectivity index (χ1) is 10.9. The van der Waals surface area contributed by atoms with E-state index < -0.39 is 9.85 Å². The largest absolute Gasteiger partial charge is 0.382 e. The van der Waals surface area contributed by atoms with Crippen LogP contribution >= 0.6 is 11.8 Å². The topological polar surface area (TPSA) is 117 Å². The van der Waals surface area contributed by atoms with Gasteiger partial charge in [-0.3, -0.25) is 14.7 Å². The van der Waals surface area contributed by atoms with Gasteiger partial charge in [-0.15, -0.1) is 0 Å². The number of ether oxygens (including phenoxy) is 1. The van der Waals surface area contributed by atoms with E-state index in [4.69, 9.17) is 4.74 Å². The highest BCUT2D eigenvalue weighted by Gasteiger charge is 2.41. The van der Waals surface area contributed by atoms with Gasteiger partial charge in [0.2, 0.25) is 0 Å². The predicted molar refractivity (Wildman–Crippen MR) is 80.5 cm³/mol. The molecule has 120 valence electrons. The van der Waals surface area contributed by atoms with Crippen molar-refractivity contribution in [3.05, 3.63) is 50.7 Å². The van der Waals surface area contributed by atoms with E-state index in [2.05, 4.69) is 4.98 Å². The molecule has 0 N–H and O–H groups in total. The van der Waals surface area contributed by atoms with Gasteiger partial charge in [0.15, 0.2) is 0 Å². The Morgan fingerprint density at radius 2 is 2.04 bits per heavy atom. The molecule has 0 saturated carbocycles. The second kappa shape index (κ2) is 5.63. The van der Waals surface area contributed by atoms with E-state index in [1.54, 1.807) is 22.8 Å². The van der Waals surface area contributed by atoms with Gasteiger partial charge >= 0.3 is 5.82 Å². The van der Waals surface area contributed by atoms with Crippen molar-refractivity contribution in [2.45, 2.75) is 29.1 Å². The zero-order valence-corrected chi connectivity index (χ0v) is 12.9. The van der Waals surface area contributed by atoms with Crippen molar-refractivity contribution in [2.75, 3.05) is 6.61 Å².